The summed E-state index contributed by atoms with van der Waals surface area (Å²) in [6.07, 6.45) is 6.63. The molecule has 0 amide bonds. The van der Waals surface area contributed by atoms with Crippen LogP contribution in [-0.4, -0.2) is 25.8 Å². The van der Waals surface area contributed by atoms with Gasteiger partial charge in [0.2, 0.25) is 0 Å². The molecule has 102 valence electrons. The van der Waals surface area contributed by atoms with Crippen LogP contribution >= 0.6 is 0 Å². The second-order valence-electron chi connectivity index (χ2n) is 6.76. The van der Waals surface area contributed by atoms with Gasteiger partial charge in [-0.15, -0.1) is 0 Å². The smallest absolute Gasteiger partial charge is 0.338 e. The first kappa shape index (κ1) is 12.5. The van der Waals surface area contributed by atoms with E-state index in [1.165, 1.54) is 39.2 Å². The van der Waals surface area contributed by atoms with E-state index < -0.39 is 5.60 Å². The van der Waals surface area contributed by atoms with E-state index >= 15 is 0 Å². The summed E-state index contributed by atoms with van der Waals surface area (Å²) in [5.41, 5.74) is -0.739. The summed E-state index contributed by atoms with van der Waals surface area (Å²) >= 11 is 0. The standard InChI is InChI=1S/C15H24O3/c1-15(18-3,14(16)17-2)13-11-5-9-4-10(7-11)8-12(13)6-9/h9-13H,4-8H2,1-3H3. The molecule has 3 nitrogen and oxygen atoms in total. The van der Waals surface area contributed by atoms with Gasteiger partial charge in [0.25, 0.3) is 0 Å². The Labute approximate surface area is 109 Å². The Kier molecular flexibility index (Phi) is 2.92. The average Bonchev–Trinajstić information content (AvgIpc) is 2.36. The van der Waals surface area contributed by atoms with Crippen LogP contribution in [0.2, 0.25) is 0 Å². The molecule has 0 heterocycles. The fourth-order valence-corrected chi connectivity index (χ4v) is 5.38. The van der Waals surface area contributed by atoms with E-state index in [0.29, 0.717) is 17.8 Å². The van der Waals surface area contributed by atoms with Gasteiger partial charge in [-0.2, -0.15) is 0 Å². The molecule has 0 saturated heterocycles. The van der Waals surface area contributed by atoms with Crippen molar-refractivity contribution in [3.63, 3.8) is 0 Å². The third-order valence-corrected chi connectivity index (χ3v) is 5.88. The lowest BCUT2D eigenvalue weighted by Crippen LogP contribution is -2.58. The Morgan fingerprint density at radius 1 is 1.00 bits per heavy atom. The van der Waals surface area contributed by atoms with Crippen LogP contribution in [0.1, 0.15) is 39.0 Å². The fraction of sp³-hybridized carbons (Fsp3) is 0.933. The molecule has 0 spiro atoms. The van der Waals surface area contributed by atoms with Gasteiger partial charge in [-0.1, -0.05) is 0 Å². The van der Waals surface area contributed by atoms with Crippen LogP contribution < -0.4 is 0 Å². The summed E-state index contributed by atoms with van der Waals surface area (Å²) in [4.78, 5) is 12.1. The summed E-state index contributed by atoms with van der Waals surface area (Å²) in [6.45, 7) is 1.94. The molecule has 0 radical (unpaired) electrons. The number of methoxy groups -OCH3 is 2. The Hall–Kier alpha value is -0.570. The van der Waals surface area contributed by atoms with Crippen molar-refractivity contribution < 1.29 is 14.3 Å². The fourth-order valence-electron chi connectivity index (χ4n) is 5.38. The predicted molar refractivity (Wildman–Crippen MR) is 68.0 cm³/mol. The largest absolute Gasteiger partial charge is 0.467 e. The summed E-state index contributed by atoms with van der Waals surface area (Å²) in [5.74, 6) is 3.35. The van der Waals surface area contributed by atoms with Gasteiger partial charge < -0.3 is 9.47 Å². The first-order valence-electron chi connectivity index (χ1n) is 7.22. The topological polar surface area (TPSA) is 35.5 Å². The van der Waals surface area contributed by atoms with Crippen molar-refractivity contribution in [3.8, 4) is 0 Å². The van der Waals surface area contributed by atoms with Gasteiger partial charge in [-0.05, 0) is 62.7 Å². The SMILES string of the molecule is COC(=O)C(C)(OC)C1C2CC3CC(C2)CC1C3. The van der Waals surface area contributed by atoms with Crippen LogP contribution in [0.5, 0.6) is 0 Å². The molecule has 0 aromatic heterocycles. The maximum Gasteiger partial charge on any atom is 0.338 e. The highest BCUT2D eigenvalue weighted by Crippen LogP contribution is 2.59. The van der Waals surface area contributed by atoms with E-state index in [1.54, 1.807) is 7.11 Å². The third-order valence-electron chi connectivity index (χ3n) is 5.88. The molecule has 3 heteroatoms. The van der Waals surface area contributed by atoms with Crippen LogP contribution in [0.4, 0.5) is 0 Å². The molecule has 4 fully saturated rings. The van der Waals surface area contributed by atoms with Crippen molar-refractivity contribution in [2.45, 2.75) is 44.6 Å². The van der Waals surface area contributed by atoms with E-state index in [0.717, 1.165) is 11.8 Å². The molecular formula is C15H24O3. The van der Waals surface area contributed by atoms with Crippen LogP contribution in [0.15, 0.2) is 0 Å². The number of carbonyl (C=O) groups is 1. The van der Waals surface area contributed by atoms with E-state index in [9.17, 15) is 4.79 Å². The lowest BCUT2D eigenvalue weighted by Gasteiger charge is -2.57. The lowest BCUT2D eigenvalue weighted by molar-refractivity contribution is -0.192. The maximum absolute atomic E-state index is 12.1. The van der Waals surface area contributed by atoms with Crippen LogP contribution in [0.25, 0.3) is 0 Å². The zero-order valence-electron chi connectivity index (χ0n) is 11.6. The third kappa shape index (κ3) is 1.63. The molecule has 1 atom stereocenters. The van der Waals surface area contributed by atoms with Gasteiger partial charge in [0.05, 0.1) is 7.11 Å². The summed E-state index contributed by atoms with van der Waals surface area (Å²) in [6, 6.07) is 0. The molecular weight excluding hydrogens is 228 g/mol. The van der Waals surface area contributed by atoms with Crippen molar-refractivity contribution >= 4 is 5.97 Å². The van der Waals surface area contributed by atoms with Crippen molar-refractivity contribution in [2.24, 2.45) is 29.6 Å². The molecule has 18 heavy (non-hydrogen) atoms. The second kappa shape index (κ2) is 4.22. The predicted octanol–water partition coefficient (Wildman–Crippen LogP) is 2.64. The molecule has 4 bridgehead atoms. The Morgan fingerprint density at radius 3 is 1.89 bits per heavy atom. The van der Waals surface area contributed by atoms with Gasteiger partial charge >= 0.3 is 5.97 Å². The van der Waals surface area contributed by atoms with Gasteiger partial charge in [-0.25, -0.2) is 4.79 Å². The molecule has 0 N–H and O–H groups in total. The van der Waals surface area contributed by atoms with Gasteiger partial charge in [-0.3, -0.25) is 0 Å². The number of hydrogen-bond donors (Lipinski definition) is 0. The molecule has 0 aromatic rings. The minimum atomic E-state index is -0.739. The molecule has 4 rings (SSSR count). The van der Waals surface area contributed by atoms with Crippen molar-refractivity contribution in [1.29, 1.82) is 0 Å². The number of carbonyl (C=O) groups excluding carboxylic acids is 1. The zero-order chi connectivity index (χ0) is 12.9. The van der Waals surface area contributed by atoms with E-state index in [2.05, 4.69) is 0 Å². The summed E-state index contributed by atoms with van der Waals surface area (Å²) in [5, 5.41) is 0. The van der Waals surface area contributed by atoms with E-state index in [1.807, 2.05) is 6.92 Å². The van der Waals surface area contributed by atoms with Crippen molar-refractivity contribution in [2.75, 3.05) is 14.2 Å². The first-order chi connectivity index (χ1) is 8.58. The summed E-state index contributed by atoms with van der Waals surface area (Å²) < 4.78 is 10.6. The minimum Gasteiger partial charge on any atom is -0.467 e. The van der Waals surface area contributed by atoms with E-state index in [-0.39, 0.29) is 5.97 Å². The van der Waals surface area contributed by atoms with Crippen LogP contribution in [0.3, 0.4) is 0 Å². The maximum atomic E-state index is 12.1. The zero-order valence-corrected chi connectivity index (χ0v) is 11.6. The van der Waals surface area contributed by atoms with Gasteiger partial charge in [0, 0.05) is 13.0 Å². The first-order valence-corrected chi connectivity index (χ1v) is 7.22. The Morgan fingerprint density at radius 2 is 1.50 bits per heavy atom. The Bertz CT molecular complexity index is 324. The highest BCUT2D eigenvalue weighted by Gasteiger charge is 2.57. The number of ether oxygens (including phenoxy) is 2. The molecule has 0 aromatic carbocycles. The van der Waals surface area contributed by atoms with Crippen molar-refractivity contribution in [3.05, 3.63) is 0 Å². The highest BCUT2D eigenvalue weighted by atomic mass is 16.6. The van der Waals surface area contributed by atoms with Crippen LogP contribution in [0, 0.1) is 29.6 Å². The molecule has 1 unspecified atom stereocenters. The monoisotopic (exact) mass is 252 g/mol. The van der Waals surface area contributed by atoms with E-state index in [4.69, 9.17) is 9.47 Å². The molecule has 0 aliphatic heterocycles. The molecule has 4 saturated carbocycles. The number of hydrogen-bond acceptors (Lipinski definition) is 3. The highest BCUT2D eigenvalue weighted by molar-refractivity contribution is 5.79. The lowest BCUT2D eigenvalue weighted by atomic mass is 9.49. The average molecular weight is 252 g/mol. The van der Waals surface area contributed by atoms with Crippen LogP contribution in [-0.2, 0) is 14.3 Å². The molecule has 4 aliphatic carbocycles. The number of rotatable bonds is 3. The minimum absolute atomic E-state index is 0.192. The molecule has 4 aliphatic rings. The van der Waals surface area contributed by atoms with Crippen molar-refractivity contribution in [1.82, 2.24) is 0 Å². The normalized spacial score (nSPS) is 44.7. The summed E-state index contributed by atoms with van der Waals surface area (Å²) in [7, 11) is 3.12. The second-order valence-corrected chi connectivity index (χ2v) is 6.76. The quantitative estimate of drug-likeness (QED) is 0.724. The van der Waals surface area contributed by atoms with Gasteiger partial charge in [0.15, 0.2) is 5.60 Å². The number of esters is 1. The van der Waals surface area contributed by atoms with Gasteiger partial charge in [0.1, 0.15) is 0 Å². The Balaban J connectivity index is 1.89.